The fraction of sp³-hybridized carbons (Fsp3) is 0.308. The van der Waals surface area contributed by atoms with Crippen LogP contribution in [0, 0.1) is 0 Å². The monoisotopic (exact) mass is 289 g/mol. The first-order valence-electron chi connectivity index (χ1n) is 5.33. The lowest BCUT2D eigenvalue weighted by atomic mass is 10.2. The van der Waals surface area contributed by atoms with Gasteiger partial charge < -0.3 is 9.64 Å². The van der Waals surface area contributed by atoms with Crippen molar-refractivity contribution in [2.75, 3.05) is 27.2 Å². The number of hydrogen-bond acceptors (Lipinski definition) is 3. The summed E-state index contributed by atoms with van der Waals surface area (Å²) < 4.78 is 5.00. The van der Waals surface area contributed by atoms with Gasteiger partial charge in [-0.2, -0.15) is 0 Å². The Morgan fingerprint density at radius 1 is 1.39 bits per heavy atom. The summed E-state index contributed by atoms with van der Waals surface area (Å²) in [6.45, 7) is 1.10. The largest absolute Gasteiger partial charge is 0.461 e. The van der Waals surface area contributed by atoms with Crippen LogP contribution in [0.5, 0.6) is 0 Å². The average Bonchev–Trinajstić information content (AvgIpc) is 2.27. The molecular weight excluding hydrogens is 273 g/mol. The zero-order chi connectivity index (χ0) is 12.7. The Morgan fingerprint density at radius 3 is 2.67 bits per heavy atom. The van der Waals surface area contributed by atoms with Gasteiger partial charge in [-0.1, -0.05) is 29.8 Å². The van der Waals surface area contributed by atoms with Gasteiger partial charge in [0.05, 0.1) is 0 Å². The SMILES string of the molecule is CN(C)CCOC(=O)/C=C\c1ccccc1Cl.Cl. The molecule has 0 fully saturated rings. The van der Waals surface area contributed by atoms with Crippen LogP contribution in [0.2, 0.25) is 5.02 Å². The molecule has 18 heavy (non-hydrogen) atoms. The summed E-state index contributed by atoms with van der Waals surface area (Å²) in [5, 5.41) is 0.616. The molecule has 1 aromatic rings. The maximum absolute atomic E-state index is 11.3. The number of hydrogen-bond donors (Lipinski definition) is 0. The van der Waals surface area contributed by atoms with Gasteiger partial charge in [0.2, 0.25) is 0 Å². The Hall–Kier alpha value is -1.03. The maximum Gasteiger partial charge on any atom is 0.330 e. The summed E-state index contributed by atoms with van der Waals surface area (Å²) >= 11 is 5.94. The number of esters is 1. The van der Waals surface area contributed by atoms with Crippen molar-refractivity contribution in [2.45, 2.75) is 0 Å². The Labute approximate surface area is 119 Å². The molecule has 0 aliphatic rings. The number of rotatable bonds is 5. The van der Waals surface area contributed by atoms with Gasteiger partial charge in [0.1, 0.15) is 6.61 Å². The van der Waals surface area contributed by atoms with E-state index in [1.807, 2.05) is 37.2 Å². The third-order valence-electron chi connectivity index (χ3n) is 2.09. The van der Waals surface area contributed by atoms with E-state index in [-0.39, 0.29) is 18.4 Å². The van der Waals surface area contributed by atoms with E-state index in [4.69, 9.17) is 16.3 Å². The molecule has 0 N–H and O–H groups in total. The first-order valence-corrected chi connectivity index (χ1v) is 5.71. The predicted molar refractivity (Wildman–Crippen MR) is 77.2 cm³/mol. The molecule has 100 valence electrons. The molecule has 0 amide bonds. The number of ether oxygens (including phenoxy) is 1. The second-order valence-electron chi connectivity index (χ2n) is 3.83. The minimum Gasteiger partial charge on any atom is -0.461 e. The summed E-state index contributed by atoms with van der Waals surface area (Å²) in [7, 11) is 3.85. The van der Waals surface area contributed by atoms with Gasteiger partial charge in [0.15, 0.2) is 0 Å². The van der Waals surface area contributed by atoms with Gasteiger partial charge in [-0.05, 0) is 31.8 Å². The fourth-order valence-electron chi connectivity index (χ4n) is 1.15. The van der Waals surface area contributed by atoms with E-state index in [1.165, 1.54) is 6.08 Å². The predicted octanol–water partition coefficient (Wildman–Crippen LogP) is 2.88. The molecule has 0 aliphatic heterocycles. The fourth-order valence-corrected chi connectivity index (χ4v) is 1.34. The lowest BCUT2D eigenvalue weighted by Crippen LogP contribution is -2.19. The van der Waals surface area contributed by atoms with Crippen LogP contribution in [0.4, 0.5) is 0 Å². The minimum atomic E-state index is -0.355. The number of carbonyl (C=O) groups excluding carboxylic acids is 1. The van der Waals surface area contributed by atoms with E-state index in [2.05, 4.69) is 0 Å². The highest BCUT2D eigenvalue weighted by Crippen LogP contribution is 2.16. The molecule has 0 saturated heterocycles. The average molecular weight is 290 g/mol. The van der Waals surface area contributed by atoms with Crippen molar-refractivity contribution in [2.24, 2.45) is 0 Å². The van der Waals surface area contributed by atoms with Crippen LogP contribution in [0.15, 0.2) is 30.3 Å². The van der Waals surface area contributed by atoms with Crippen LogP contribution in [-0.4, -0.2) is 38.1 Å². The molecule has 0 atom stereocenters. The molecule has 0 spiro atoms. The summed E-state index contributed by atoms with van der Waals surface area (Å²) in [5.74, 6) is -0.355. The van der Waals surface area contributed by atoms with Crippen molar-refractivity contribution in [1.29, 1.82) is 0 Å². The third kappa shape index (κ3) is 6.64. The van der Waals surface area contributed by atoms with Crippen LogP contribution < -0.4 is 0 Å². The Morgan fingerprint density at radius 2 is 2.06 bits per heavy atom. The summed E-state index contributed by atoms with van der Waals surface area (Å²) in [5.41, 5.74) is 0.804. The molecule has 5 heteroatoms. The highest BCUT2D eigenvalue weighted by Gasteiger charge is 1.99. The van der Waals surface area contributed by atoms with Crippen LogP contribution in [0.25, 0.3) is 6.08 Å². The highest BCUT2D eigenvalue weighted by molar-refractivity contribution is 6.32. The molecule has 0 saturated carbocycles. The lowest BCUT2D eigenvalue weighted by Gasteiger charge is -2.08. The van der Waals surface area contributed by atoms with Crippen molar-refractivity contribution in [3.63, 3.8) is 0 Å². The molecule has 0 bridgehead atoms. The van der Waals surface area contributed by atoms with E-state index in [1.54, 1.807) is 12.1 Å². The maximum atomic E-state index is 11.3. The highest BCUT2D eigenvalue weighted by atomic mass is 35.5. The van der Waals surface area contributed by atoms with Crippen molar-refractivity contribution in [3.8, 4) is 0 Å². The Bertz CT molecular complexity index is 406. The molecule has 0 aromatic heterocycles. The quantitative estimate of drug-likeness (QED) is 0.617. The van der Waals surface area contributed by atoms with E-state index in [9.17, 15) is 4.79 Å². The molecular formula is C13H17Cl2NO2. The van der Waals surface area contributed by atoms with Crippen molar-refractivity contribution < 1.29 is 9.53 Å². The lowest BCUT2D eigenvalue weighted by molar-refractivity contribution is -0.137. The van der Waals surface area contributed by atoms with E-state index >= 15 is 0 Å². The van der Waals surface area contributed by atoms with Gasteiger partial charge in [0, 0.05) is 17.6 Å². The summed E-state index contributed by atoms with van der Waals surface area (Å²) in [4.78, 5) is 13.3. The molecule has 1 rings (SSSR count). The second-order valence-corrected chi connectivity index (χ2v) is 4.23. The number of nitrogens with zero attached hydrogens (tertiary/aromatic N) is 1. The van der Waals surface area contributed by atoms with Gasteiger partial charge in [-0.15, -0.1) is 12.4 Å². The number of carbonyl (C=O) groups is 1. The normalized spacial score (nSPS) is 10.4. The molecule has 0 radical (unpaired) electrons. The smallest absolute Gasteiger partial charge is 0.330 e. The molecule has 1 aromatic carbocycles. The Kier molecular flexibility index (Phi) is 8.46. The number of likely N-dealkylation sites (N-methyl/N-ethyl adjacent to an activating group) is 1. The molecule has 3 nitrogen and oxygen atoms in total. The zero-order valence-corrected chi connectivity index (χ0v) is 12.0. The molecule has 0 heterocycles. The van der Waals surface area contributed by atoms with Gasteiger partial charge in [0.25, 0.3) is 0 Å². The van der Waals surface area contributed by atoms with Crippen molar-refractivity contribution in [3.05, 3.63) is 40.9 Å². The topological polar surface area (TPSA) is 29.5 Å². The zero-order valence-electron chi connectivity index (χ0n) is 10.4. The first kappa shape index (κ1) is 17.0. The number of benzene rings is 1. The second kappa shape index (κ2) is 8.97. The van der Waals surface area contributed by atoms with E-state index in [0.29, 0.717) is 18.2 Å². The number of halogens is 2. The van der Waals surface area contributed by atoms with Crippen molar-refractivity contribution in [1.82, 2.24) is 4.90 Å². The molecule has 0 aliphatic carbocycles. The van der Waals surface area contributed by atoms with Crippen molar-refractivity contribution >= 4 is 36.1 Å². The standard InChI is InChI=1S/C13H16ClNO2.ClH/c1-15(2)9-10-17-13(16)8-7-11-5-3-4-6-12(11)14;/h3-8H,9-10H2,1-2H3;1H/b8-7-;. The van der Waals surface area contributed by atoms with E-state index < -0.39 is 0 Å². The van der Waals surface area contributed by atoms with Crippen LogP contribution >= 0.6 is 24.0 Å². The minimum absolute atomic E-state index is 0. The third-order valence-corrected chi connectivity index (χ3v) is 2.43. The summed E-state index contributed by atoms with van der Waals surface area (Å²) in [6, 6.07) is 7.32. The van der Waals surface area contributed by atoms with Gasteiger partial charge >= 0.3 is 5.97 Å². The van der Waals surface area contributed by atoms with Crippen LogP contribution in [-0.2, 0) is 9.53 Å². The van der Waals surface area contributed by atoms with Crippen LogP contribution in [0.1, 0.15) is 5.56 Å². The first-order chi connectivity index (χ1) is 8.09. The van der Waals surface area contributed by atoms with Crippen LogP contribution in [0.3, 0.4) is 0 Å². The Balaban J connectivity index is 0.00000289. The summed E-state index contributed by atoms with van der Waals surface area (Å²) in [6.07, 6.45) is 3.04. The van der Waals surface area contributed by atoms with Gasteiger partial charge in [-0.3, -0.25) is 0 Å². The van der Waals surface area contributed by atoms with E-state index in [0.717, 1.165) is 5.56 Å². The molecule has 0 unspecified atom stereocenters. The van der Waals surface area contributed by atoms with Gasteiger partial charge in [-0.25, -0.2) is 4.79 Å².